The van der Waals surface area contributed by atoms with Crippen LogP contribution in [0.15, 0.2) is 0 Å². The highest BCUT2D eigenvalue weighted by Gasteiger charge is 2.19. The predicted molar refractivity (Wildman–Crippen MR) is 91.1 cm³/mol. The van der Waals surface area contributed by atoms with E-state index in [1.54, 1.807) is 7.11 Å². The summed E-state index contributed by atoms with van der Waals surface area (Å²) in [7, 11) is -0.678. The maximum atomic E-state index is 12.5. The van der Waals surface area contributed by atoms with Gasteiger partial charge in [-0.25, -0.2) is 0 Å². The Kier molecular flexibility index (Phi) is 14.3. The lowest BCUT2D eigenvalue weighted by molar-refractivity contribution is 0.389. The van der Waals surface area contributed by atoms with Crippen molar-refractivity contribution in [1.29, 1.82) is 0 Å². The molecular formula is C17H37O2P. The first-order valence-corrected chi connectivity index (χ1v) is 10.8. The van der Waals surface area contributed by atoms with Crippen LogP contribution in [0, 0.1) is 0 Å². The average Bonchev–Trinajstić information content (AvgIpc) is 2.46. The molecule has 0 radical (unpaired) electrons. The van der Waals surface area contributed by atoms with E-state index in [-0.39, 0.29) is 0 Å². The summed E-state index contributed by atoms with van der Waals surface area (Å²) in [5.74, 6) is 0. The molecule has 0 N–H and O–H groups in total. The molecule has 0 saturated carbocycles. The Labute approximate surface area is 127 Å². The Morgan fingerprint density at radius 1 is 0.650 bits per heavy atom. The fourth-order valence-corrected chi connectivity index (χ4v) is 4.56. The monoisotopic (exact) mass is 304 g/mol. The number of hydrogen-bond acceptors (Lipinski definition) is 2. The lowest BCUT2D eigenvalue weighted by atomic mass is 10.1. The number of unbranched alkanes of at least 4 members (excludes halogenated alkanes) is 10. The first kappa shape index (κ1) is 20.2. The molecule has 122 valence electrons. The molecule has 0 rings (SSSR count). The maximum Gasteiger partial charge on any atom is 0.202 e. The summed E-state index contributed by atoms with van der Waals surface area (Å²) in [6.45, 7) is 4.47. The van der Waals surface area contributed by atoms with Crippen molar-refractivity contribution in [3.63, 3.8) is 0 Å². The van der Waals surface area contributed by atoms with Gasteiger partial charge in [0.25, 0.3) is 0 Å². The summed E-state index contributed by atoms with van der Waals surface area (Å²) in [6.07, 6.45) is 16.6. The molecular weight excluding hydrogens is 267 g/mol. The fraction of sp³-hybridized carbons (Fsp3) is 1.00. The van der Waals surface area contributed by atoms with Crippen molar-refractivity contribution in [3.05, 3.63) is 0 Å². The Morgan fingerprint density at radius 3 is 1.35 bits per heavy atom. The minimum absolute atomic E-state index is 0.796. The number of rotatable bonds is 15. The molecule has 0 fully saturated rings. The molecule has 0 aromatic carbocycles. The smallest absolute Gasteiger partial charge is 0.202 e. The van der Waals surface area contributed by atoms with Crippen molar-refractivity contribution in [3.8, 4) is 0 Å². The zero-order chi connectivity index (χ0) is 15.1. The van der Waals surface area contributed by atoms with Crippen LogP contribution >= 0.6 is 7.37 Å². The molecule has 0 unspecified atom stereocenters. The Balaban J connectivity index is 3.60. The quantitative estimate of drug-likeness (QED) is 0.250. The van der Waals surface area contributed by atoms with Gasteiger partial charge in [-0.05, 0) is 12.8 Å². The highest BCUT2D eigenvalue weighted by atomic mass is 31.2. The molecule has 2 nitrogen and oxygen atoms in total. The van der Waals surface area contributed by atoms with Gasteiger partial charge in [0.15, 0.2) is 0 Å². The van der Waals surface area contributed by atoms with Gasteiger partial charge in [-0.1, -0.05) is 78.1 Å². The Bertz CT molecular complexity index is 221. The van der Waals surface area contributed by atoms with Crippen LogP contribution in [0.25, 0.3) is 0 Å². The lowest BCUT2D eigenvalue weighted by Gasteiger charge is -2.16. The summed E-state index contributed by atoms with van der Waals surface area (Å²) in [6, 6.07) is 0. The zero-order valence-electron chi connectivity index (χ0n) is 14.2. The van der Waals surface area contributed by atoms with Gasteiger partial charge in [0.1, 0.15) is 0 Å². The van der Waals surface area contributed by atoms with Gasteiger partial charge < -0.3 is 4.52 Å². The molecule has 0 amide bonds. The third-order valence-electron chi connectivity index (χ3n) is 4.04. The summed E-state index contributed by atoms with van der Waals surface area (Å²) in [5.41, 5.74) is 0. The van der Waals surface area contributed by atoms with E-state index in [9.17, 15) is 4.57 Å². The molecule has 0 atom stereocenters. The highest BCUT2D eigenvalue weighted by molar-refractivity contribution is 7.58. The van der Waals surface area contributed by atoms with Gasteiger partial charge in [-0.3, -0.25) is 4.57 Å². The van der Waals surface area contributed by atoms with Crippen LogP contribution in [0.1, 0.15) is 90.9 Å². The second kappa shape index (κ2) is 14.1. The van der Waals surface area contributed by atoms with Crippen LogP contribution in [-0.4, -0.2) is 19.4 Å². The summed E-state index contributed by atoms with van der Waals surface area (Å²) < 4.78 is 17.9. The molecule has 0 aliphatic rings. The Hall–Kier alpha value is 0.190. The second-order valence-corrected chi connectivity index (χ2v) is 8.87. The van der Waals surface area contributed by atoms with Crippen molar-refractivity contribution >= 4 is 7.37 Å². The van der Waals surface area contributed by atoms with E-state index in [0.717, 1.165) is 25.2 Å². The second-order valence-electron chi connectivity index (χ2n) is 5.98. The molecule has 0 aliphatic carbocycles. The van der Waals surface area contributed by atoms with Gasteiger partial charge in [0.2, 0.25) is 7.37 Å². The molecule has 0 bridgehead atoms. The van der Waals surface area contributed by atoms with E-state index in [1.165, 1.54) is 64.2 Å². The minimum atomic E-state index is -2.31. The topological polar surface area (TPSA) is 26.3 Å². The molecule has 0 heterocycles. The lowest BCUT2D eigenvalue weighted by Crippen LogP contribution is -1.98. The van der Waals surface area contributed by atoms with Crippen molar-refractivity contribution in [1.82, 2.24) is 0 Å². The molecule has 0 saturated heterocycles. The molecule has 0 aromatic heterocycles. The Morgan fingerprint density at radius 2 is 1.00 bits per heavy atom. The predicted octanol–water partition coefficient (Wildman–Crippen LogP) is 6.63. The van der Waals surface area contributed by atoms with Crippen molar-refractivity contribution < 1.29 is 9.09 Å². The van der Waals surface area contributed by atoms with Crippen LogP contribution in [0.5, 0.6) is 0 Å². The van der Waals surface area contributed by atoms with Gasteiger partial charge in [0.05, 0.1) is 0 Å². The third-order valence-corrected chi connectivity index (χ3v) is 6.70. The fourth-order valence-electron chi connectivity index (χ4n) is 2.56. The maximum absolute atomic E-state index is 12.5. The number of hydrogen-bond donors (Lipinski definition) is 0. The van der Waals surface area contributed by atoms with E-state index in [1.807, 2.05) is 0 Å². The average molecular weight is 304 g/mol. The SMILES string of the molecule is CCCCCCCCP(=O)(CCCCCCCC)OC. The van der Waals surface area contributed by atoms with Gasteiger partial charge >= 0.3 is 0 Å². The largest absolute Gasteiger partial charge is 0.332 e. The van der Waals surface area contributed by atoms with Crippen LogP contribution < -0.4 is 0 Å². The summed E-state index contributed by atoms with van der Waals surface area (Å²) in [5, 5.41) is 0. The molecule has 3 heteroatoms. The normalized spacial score (nSPS) is 11.9. The van der Waals surface area contributed by atoms with Gasteiger partial charge in [-0.15, -0.1) is 0 Å². The first-order valence-electron chi connectivity index (χ1n) is 8.82. The van der Waals surface area contributed by atoms with Crippen LogP contribution in [0.2, 0.25) is 0 Å². The van der Waals surface area contributed by atoms with Crippen LogP contribution in [0.4, 0.5) is 0 Å². The van der Waals surface area contributed by atoms with Crippen molar-refractivity contribution in [2.24, 2.45) is 0 Å². The third kappa shape index (κ3) is 12.0. The van der Waals surface area contributed by atoms with Crippen molar-refractivity contribution in [2.45, 2.75) is 90.9 Å². The van der Waals surface area contributed by atoms with E-state index < -0.39 is 7.37 Å². The minimum Gasteiger partial charge on any atom is -0.332 e. The van der Waals surface area contributed by atoms with Gasteiger partial charge in [0, 0.05) is 19.4 Å². The standard InChI is InChI=1S/C17H37O2P/c1-4-6-8-10-12-14-16-20(18,19-3)17-15-13-11-9-7-5-2/h4-17H2,1-3H3. The first-order chi connectivity index (χ1) is 9.68. The zero-order valence-corrected chi connectivity index (χ0v) is 15.1. The van der Waals surface area contributed by atoms with E-state index in [2.05, 4.69) is 13.8 Å². The molecule has 0 spiro atoms. The highest BCUT2D eigenvalue weighted by Crippen LogP contribution is 2.47. The van der Waals surface area contributed by atoms with Gasteiger partial charge in [-0.2, -0.15) is 0 Å². The van der Waals surface area contributed by atoms with E-state index in [4.69, 9.17) is 4.52 Å². The molecule has 20 heavy (non-hydrogen) atoms. The van der Waals surface area contributed by atoms with Crippen molar-refractivity contribution in [2.75, 3.05) is 19.4 Å². The van der Waals surface area contributed by atoms with Crippen LogP contribution in [-0.2, 0) is 9.09 Å². The summed E-state index contributed by atoms with van der Waals surface area (Å²) >= 11 is 0. The summed E-state index contributed by atoms with van der Waals surface area (Å²) in [4.78, 5) is 0. The molecule has 0 aromatic rings. The van der Waals surface area contributed by atoms with E-state index >= 15 is 0 Å². The van der Waals surface area contributed by atoms with E-state index in [0.29, 0.717) is 0 Å². The molecule has 0 aliphatic heterocycles. The van der Waals surface area contributed by atoms with Crippen LogP contribution in [0.3, 0.4) is 0 Å².